The minimum Gasteiger partial charge on any atom is -0.381 e. The lowest BCUT2D eigenvalue weighted by Gasteiger charge is -2.43. The lowest BCUT2D eigenvalue weighted by molar-refractivity contribution is -0.0869. The summed E-state index contributed by atoms with van der Waals surface area (Å²) in [6, 6.07) is 0. The molecule has 0 aromatic carbocycles. The Bertz CT molecular complexity index is 361. The highest BCUT2D eigenvalue weighted by atomic mass is 16.5. The van der Waals surface area contributed by atoms with Crippen LogP contribution >= 0.6 is 0 Å². The number of hydrogen-bond donors (Lipinski definition) is 0. The number of hydrogen-bond acceptors (Lipinski definition) is 2. The van der Waals surface area contributed by atoms with Gasteiger partial charge in [-0.2, -0.15) is 0 Å². The molecule has 0 amide bonds. The summed E-state index contributed by atoms with van der Waals surface area (Å²) in [6.45, 7) is 16.2. The molecule has 23 heavy (non-hydrogen) atoms. The van der Waals surface area contributed by atoms with Crippen LogP contribution in [0, 0.1) is 16.2 Å². The van der Waals surface area contributed by atoms with Crippen LogP contribution in [0.1, 0.15) is 92.9 Å². The SMILES string of the molecule is CC(C)(C)CC1CCCC(CC(C)(C)CC2(C)CCOCC2)O1. The molecule has 0 aromatic rings. The molecule has 0 aliphatic carbocycles. The van der Waals surface area contributed by atoms with Crippen molar-refractivity contribution in [1.29, 1.82) is 0 Å². The summed E-state index contributed by atoms with van der Waals surface area (Å²) < 4.78 is 12.1. The molecule has 2 fully saturated rings. The first-order chi connectivity index (χ1) is 10.6. The second-order valence-corrected chi connectivity index (χ2v) is 10.5. The summed E-state index contributed by atoms with van der Waals surface area (Å²) in [5, 5.41) is 0. The van der Waals surface area contributed by atoms with Crippen molar-refractivity contribution in [1.82, 2.24) is 0 Å². The molecule has 2 rings (SSSR count). The van der Waals surface area contributed by atoms with Gasteiger partial charge in [-0.3, -0.25) is 0 Å². The normalized spacial score (nSPS) is 29.5. The van der Waals surface area contributed by atoms with Gasteiger partial charge in [-0.05, 0) is 67.6 Å². The standard InChI is InChI=1S/C21H40O2/c1-19(2,3)14-17-8-7-9-18(23-17)15-20(4,5)16-21(6)10-12-22-13-11-21/h17-18H,7-16H2,1-6H3. The van der Waals surface area contributed by atoms with Crippen molar-refractivity contribution >= 4 is 0 Å². The maximum absolute atomic E-state index is 6.50. The average Bonchev–Trinajstić information content (AvgIpc) is 2.35. The summed E-state index contributed by atoms with van der Waals surface area (Å²) in [4.78, 5) is 0. The molecule has 2 atom stereocenters. The van der Waals surface area contributed by atoms with Gasteiger partial charge >= 0.3 is 0 Å². The quantitative estimate of drug-likeness (QED) is 0.619. The molecule has 0 aromatic heterocycles. The van der Waals surface area contributed by atoms with E-state index in [0.717, 1.165) is 13.2 Å². The smallest absolute Gasteiger partial charge is 0.0584 e. The maximum atomic E-state index is 6.50. The summed E-state index contributed by atoms with van der Waals surface area (Å²) in [5.74, 6) is 0. The third-order valence-corrected chi connectivity index (χ3v) is 5.66. The van der Waals surface area contributed by atoms with E-state index in [2.05, 4.69) is 41.5 Å². The van der Waals surface area contributed by atoms with Gasteiger partial charge in [-0.15, -0.1) is 0 Å². The molecule has 2 unspecified atom stereocenters. The van der Waals surface area contributed by atoms with E-state index in [4.69, 9.17) is 9.47 Å². The van der Waals surface area contributed by atoms with Gasteiger partial charge in [0.05, 0.1) is 12.2 Å². The highest BCUT2D eigenvalue weighted by Crippen LogP contribution is 2.44. The fraction of sp³-hybridized carbons (Fsp3) is 1.00. The molecule has 0 N–H and O–H groups in total. The molecular weight excluding hydrogens is 284 g/mol. The van der Waals surface area contributed by atoms with Crippen LogP contribution in [-0.2, 0) is 9.47 Å². The van der Waals surface area contributed by atoms with Gasteiger partial charge in [0.2, 0.25) is 0 Å². The first-order valence-electron chi connectivity index (χ1n) is 9.80. The predicted octanol–water partition coefficient (Wildman–Crippen LogP) is 5.98. The van der Waals surface area contributed by atoms with Crippen LogP contribution in [0.2, 0.25) is 0 Å². The Morgan fingerprint density at radius 1 is 0.913 bits per heavy atom. The molecule has 0 radical (unpaired) electrons. The molecule has 2 saturated heterocycles. The van der Waals surface area contributed by atoms with Crippen molar-refractivity contribution in [3.63, 3.8) is 0 Å². The molecule has 2 aliphatic rings. The van der Waals surface area contributed by atoms with Crippen LogP contribution in [0.15, 0.2) is 0 Å². The second-order valence-electron chi connectivity index (χ2n) is 10.5. The Hall–Kier alpha value is -0.0800. The van der Waals surface area contributed by atoms with Crippen LogP contribution in [0.5, 0.6) is 0 Å². The molecule has 136 valence electrons. The van der Waals surface area contributed by atoms with Crippen LogP contribution in [-0.4, -0.2) is 25.4 Å². The molecule has 2 aliphatic heterocycles. The first-order valence-corrected chi connectivity index (χ1v) is 9.80. The summed E-state index contributed by atoms with van der Waals surface area (Å²) in [6.07, 6.45) is 10.9. The lowest BCUT2D eigenvalue weighted by Crippen LogP contribution is -2.37. The summed E-state index contributed by atoms with van der Waals surface area (Å²) in [7, 11) is 0. The van der Waals surface area contributed by atoms with Gasteiger partial charge in [0, 0.05) is 13.2 Å². The van der Waals surface area contributed by atoms with Gasteiger partial charge in [0.15, 0.2) is 0 Å². The minimum absolute atomic E-state index is 0.361. The molecule has 2 nitrogen and oxygen atoms in total. The Balaban J connectivity index is 1.86. The third-order valence-electron chi connectivity index (χ3n) is 5.66. The minimum atomic E-state index is 0.361. The number of ether oxygens (including phenoxy) is 2. The predicted molar refractivity (Wildman–Crippen MR) is 97.8 cm³/mol. The molecule has 2 heteroatoms. The van der Waals surface area contributed by atoms with E-state index in [1.807, 2.05) is 0 Å². The molecular formula is C21H40O2. The van der Waals surface area contributed by atoms with E-state index in [1.165, 1.54) is 51.4 Å². The van der Waals surface area contributed by atoms with Gasteiger partial charge < -0.3 is 9.47 Å². The Labute approximate surface area is 144 Å². The Kier molecular flexibility index (Phi) is 6.22. The largest absolute Gasteiger partial charge is 0.381 e. The molecule has 0 bridgehead atoms. The van der Waals surface area contributed by atoms with Crippen molar-refractivity contribution in [2.75, 3.05) is 13.2 Å². The van der Waals surface area contributed by atoms with E-state index >= 15 is 0 Å². The Morgan fingerprint density at radius 3 is 2.04 bits per heavy atom. The molecule has 0 spiro atoms. The zero-order chi connectivity index (χ0) is 17.1. The average molecular weight is 325 g/mol. The van der Waals surface area contributed by atoms with Crippen molar-refractivity contribution in [3.8, 4) is 0 Å². The van der Waals surface area contributed by atoms with Gasteiger partial charge in [-0.1, -0.05) is 41.5 Å². The van der Waals surface area contributed by atoms with E-state index in [1.54, 1.807) is 0 Å². The van der Waals surface area contributed by atoms with Crippen molar-refractivity contribution in [3.05, 3.63) is 0 Å². The van der Waals surface area contributed by atoms with E-state index in [-0.39, 0.29) is 0 Å². The zero-order valence-electron chi connectivity index (χ0n) is 16.5. The van der Waals surface area contributed by atoms with Crippen LogP contribution < -0.4 is 0 Å². The van der Waals surface area contributed by atoms with Crippen molar-refractivity contribution < 1.29 is 9.47 Å². The summed E-state index contributed by atoms with van der Waals surface area (Å²) in [5.41, 5.74) is 1.19. The van der Waals surface area contributed by atoms with Crippen LogP contribution in [0.3, 0.4) is 0 Å². The highest BCUT2D eigenvalue weighted by molar-refractivity contribution is 4.87. The van der Waals surface area contributed by atoms with E-state index < -0.39 is 0 Å². The second kappa shape index (κ2) is 7.44. The summed E-state index contributed by atoms with van der Waals surface area (Å²) >= 11 is 0. The third kappa shape index (κ3) is 6.74. The molecule has 0 saturated carbocycles. The van der Waals surface area contributed by atoms with Crippen LogP contribution in [0.25, 0.3) is 0 Å². The van der Waals surface area contributed by atoms with E-state index in [0.29, 0.717) is 28.5 Å². The highest BCUT2D eigenvalue weighted by Gasteiger charge is 2.37. The van der Waals surface area contributed by atoms with Crippen molar-refractivity contribution in [2.45, 2.75) is 105 Å². The fourth-order valence-electron chi connectivity index (χ4n) is 4.85. The lowest BCUT2D eigenvalue weighted by atomic mass is 9.68. The fourth-order valence-corrected chi connectivity index (χ4v) is 4.85. The van der Waals surface area contributed by atoms with E-state index in [9.17, 15) is 0 Å². The maximum Gasteiger partial charge on any atom is 0.0584 e. The zero-order valence-corrected chi connectivity index (χ0v) is 16.5. The number of rotatable bonds is 5. The monoisotopic (exact) mass is 324 g/mol. The Morgan fingerprint density at radius 2 is 1.48 bits per heavy atom. The molecule has 2 heterocycles. The van der Waals surface area contributed by atoms with Gasteiger partial charge in [0.1, 0.15) is 0 Å². The topological polar surface area (TPSA) is 18.5 Å². The van der Waals surface area contributed by atoms with Gasteiger partial charge in [-0.25, -0.2) is 0 Å². The first kappa shape index (κ1) is 19.2. The van der Waals surface area contributed by atoms with Gasteiger partial charge in [0.25, 0.3) is 0 Å². The van der Waals surface area contributed by atoms with Crippen LogP contribution in [0.4, 0.5) is 0 Å². The van der Waals surface area contributed by atoms with Crippen molar-refractivity contribution in [2.24, 2.45) is 16.2 Å².